The number of amides is 1. The first-order chi connectivity index (χ1) is 9.08. The second-order valence-electron chi connectivity index (χ2n) is 4.39. The first-order valence-electron chi connectivity index (χ1n) is 6.39. The molecule has 1 aromatic heterocycles. The van der Waals surface area contributed by atoms with Crippen molar-refractivity contribution in [1.29, 1.82) is 0 Å². The van der Waals surface area contributed by atoms with Crippen LogP contribution in [0.3, 0.4) is 0 Å². The minimum absolute atomic E-state index is 0.122. The van der Waals surface area contributed by atoms with Gasteiger partial charge in [0.1, 0.15) is 5.69 Å². The summed E-state index contributed by atoms with van der Waals surface area (Å²) in [5.41, 5.74) is 0.634. The van der Waals surface area contributed by atoms with Crippen LogP contribution < -0.4 is 5.32 Å². The largest absolute Gasteiger partial charge is 0.391 e. The van der Waals surface area contributed by atoms with E-state index >= 15 is 0 Å². The van der Waals surface area contributed by atoms with Crippen LogP contribution in [0.4, 0.5) is 0 Å². The van der Waals surface area contributed by atoms with Crippen LogP contribution in [0.15, 0.2) is 16.7 Å². The third-order valence-electron chi connectivity index (χ3n) is 2.68. The quantitative estimate of drug-likeness (QED) is 0.762. The van der Waals surface area contributed by atoms with Gasteiger partial charge in [-0.2, -0.15) is 0 Å². The van der Waals surface area contributed by atoms with Crippen molar-refractivity contribution in [3.8, 4) is 0 Å². The average molecular weight is 333 g/mol. The van der Waals surface area contributed by atoms with E-state index in [1.807, 2.05) is 10.8 Å². The van der Waals surface area contributed by atoms with Crippen molar-refractivity contribution < 1.29 is 14.6 Å². The number of nitrogens with zero attached hydrogens (tertiary/aromatic N) is 1. The predicted molar refractivity (Wildman–Crippen MR) is 77.3 cm³/mol. The van der Waals surface area contributed by atoms with Crippen LogP contribution in [-0.2, 0) is 11.3 Å². The van der Waals surface area contributed by atoms with Gasteiger partial charge in [0.25, 0.3) is 5.91 Å². The van der Waals surface area contributed by atoms with Gasteiger partial charge < -0.3 is 19.7 Å². The SMILES string of the molecule is CCCn1cc(Br)cc1C(=O)NCCC(O)COC. The Morgan fingerprint density at radius 3 is 3.00 bits per heavy atom. The number of aromatic nitrogens is 1. The predicted octanol–water partition coefficient (Wildman–Crippen LogP) is 1.79. The van der Waals surface area contributed by atoms with Crippen LogP contribution in [0, 0.1) is 0 Å². The number of hydrogen-bond donors (Lipinski definition) is 2. The minimum atomic E-state index is -0.542. The van der Waals surface area contributed by atoms with E-state index in [9.17, 15) is 9.90 Å². The maximum absolute atomic E-state index is 12.0. The highest BCUT2D eigenvalue weighted by molar-refractivity contribution is 9.10. The Bertz CT molecular complexity index is 407. The number of carbonyl (C=O) groups excluding carboxylic acids is 1. The molecule has 6 heteroatoms. The van der Waals surface area contributed by atoms with Crippen molar-refractivity contribution in [2.45, 2.75) is 32.4 Å². The molecule has 0 bridgehead atoms. The van der Waals surface area contributed by atoms with Crippen LogP contribution in [0.1, 0.15) is 30.3 Å². The number of methoxy groups -OCH3 is 1. The molecule has 0 saturated carbocycles. The zero-order valence-electron chi connectivity index (χ0n) is 11.4. The normalized spacial score (nSPS) is 12.4. The molecule has 0 aliphatic rings. The van der Waals surface area contributed by atoms with Crippen molar-refractivity contribution in [2.75, 3.05) is 20.3 Å². The van der Waals surface area contributed by atoms with E-state index in [2.05, 4.69) is 28.2 Å². The molecule has 0 aromatic carbocycles. The van der Waals surface area contributed by atoms with Crippen molar-refractivity contribution in [3.05, 3.63) is 22.4 Å². The standard InChI is InChI=1S/C13H21BrN2O3/c1-3-6-16-8-10(14)7-12(16)13(18)15-5-4-11(17)9-19-2/h7-8,11,17H,3-6,9H2,1-2H3,(H,15,18). The summed E-state index contributed by atoms with van der Waals surface area (Å²) in [6.07, 6.45) is 2.81. The molecule has 0 aliphatic heterocycles. The molecule has 1 heterocycles. The number of nitrogens with one attached hydrogen (secondary N) is 1. The van der Waals surface area contributed by atoms with Gasteiger partial charge in [0.05, 0.1) is 12.7 Å². The minimum Gasteiger partial charge on any atom is -0.391 e. The molecule has 0 spiro atoms. The molecule has 0 saturated heterocycles. The average Bonchev–Trinajstić information content (AvgIpc) is 2.71. The number of aryl methyl sites for hydroxylation is 1. The highest BCUT2D eigenvalue weighted by atomic mass is 79.9. The van der Waals surface area contributed by atoms with E-state index in [4.69, 9.17) is 4.74 Å². The second kappa shape index (κ2) is 8.35. The van der Waals surface area contributed by atoms with E-state index in [0.29, 0.717) is 18.7 Å². The maximum atomic E-state index is 12.0. The lowest BCUT2D eigenvalue weighted by Crippen LogP contribution is -2.30. The van der Waals surface area contributed by atoms with Crippen molar-refractivity contribution in [1.82, 2.24) is 9.88 Å². The number of hydrogen-bond acceptors (Lipinski definition) is 3. The molecule has 108 valence electrons. The summed E-state index contributed by atoms with van der Waals surface area (Å²) in [7, 11) is 1.54. The molecule has 1 atom stereocenters. The van der Waals surface area contributed by atoms with Crippen LogP contribution >= 0.6 is 15.9 Å². The fourth-order valence-electron chi connectivity index (χ4n) is 1.81. The lowest BCUT2D eigenvalue weighted by atomic mass is 10.2. The summed E-state index contributed by atoms with van der Waals surface area (Å²) in [5.74, 6) is -0.122. The number of halogens is 1. The van der Waals surface area contributed by atoms with Gasteiger partial charge in [-0.05, 0) is 34.8 Å². The number of ether oxygens (including phenoxy) is 1. The molecule has 1 aromatic rings. The summed E-state index contributed by atoms with van der Waals surface area (Å²) in [6, 6.07) is 1.80. The molecule has 1 unspecified atom stereocenters. The Labute approximate surface area is 122 Å². The zero-order valence-corrected chi connectivity index (χ0v) is 12.9. The van der Waals surface area contributed by atoms with E-state index in [1.165, 1.54) is 7.11 Å². The lowest BCUT2D eigenvalue weighted by molar-refractivity contribution is 0.0587. The van der Waals surface area contributed by atoms with E-state index in [1.54, 1.807) is 6.07 Å². The number of aliphatic hydroxyl groups excluding tert-OH is 1. The van der Waals surface area contributed by atoms with Crippen molar-refractivity contribution >= 4 is 21.8 Å². The zero-order chi connectivity index (χ0) is 14.3. The molecule has 0 radical (unpaired) electrons. The van der Waals surface area contributed by atoms with Gasteiger partial charge in [0.15, 0.2) is 0 Å². The van der Waals surface area contributed by atoms with Gasteiger partial charge in [-0.1, -0.05) is 6.92 Å². The first-order valence-corrected chi connectivity index (χ1v) is 7.18. The van der Waals surface area contributed by atoms with Gasteiger partial charge in [0, 0.05) is 30.9 Å². The summed E-state index contributed by atoms with van der Waals surface area (Å²) >= 11 is 3.38. The third kappa shape index (κ3) is 5.34. The van der Waals surface area contributed by atoms with E-state index in [0.717, 1.165) is 17.4 Å². The third-order valence-corrected chi connectivity index (χ3v) is 3.12. The van der Waals surface area contributed by atoms with Gasteiger partial charge in [-0.15, -0.1) is 0 Å². The Hall–Kier alpha value is -0.850. The van der Waals surface area contributed by atoms with E-state index < -0.39 is 6.10 Å². The summed E-state index contributed by atoms with van der Waals surface area (Å²) < 4.78 is 7.64. The molecule has 2 N–H and O–H groups in total. The smallest absolute Gasteiger partial charge is 0.267 e. The van der Waals surface area contributed by atoms with Crippen molar-refractivity contribution in [2.24, 2.45) is 0 Å². The molecular weight excluding hydrogens is 312 g/mol. The summed E-state index contributed by atoms with van der Waals surface area (Å²) in [6.45, 7) is 3.59. The van der Waals surface area contributed by atoms with Gasteiger partial charge in [-0.3, -0.25) is 4.79 Å². The Kier molecular flexibility index (Phi) is 7.12. The molecule has 0 fully saturated rings. The Morgan fingerprint density at radius 1 is 1.63 bits per heavy atom. The maximum Gasteiger partial charge on any atom is 0.267 e. The summed E-state index contributed by atoms with van der Waals surface area (Å²) in [4.78, 5) is 12.0. The molecular formula is C13H21BrN2O3. The van der Waals surface area contributed by atoms with Crippen LogP contribution in [0.5, 0.6) is 0 Å². The number of carbonyl (C=O) groups is 1. The molecule has 1 amide bonds. The fraction of sp³-hybridized carbons (Fsp3) is 0.615. The van der Waals surface area contributed by atoms with Gasteiger partial charge in [0.2, 0.25) is 0 Å². The number of rotatable bonds is 8. The van der Waals surface area contributed by atoms with Crippen LogP contribution in [0.25, 0.3) is 0 Å². The van der Waals surface area contributed by atoms with Gasteiger partial charge in [-0.25, -0.2) is 0 Å². The summed E-state index contributed by atoms with van der Waals surface area (Å²) in [5, 5.41) is 12.3. The van der Waals surface area contributed by atoms with Crippen molar-refractivity contribution in [3.63, 3.8) is 0 Å². The molecule has 1 rings (SSSR count). The molecule has 19 heavy (non-hydrogen) atoms. The second-order valence-corrected chi connectivity index (χ2v) is 5.31. The lowest BCUT2D eigenvalue weighted by Gasteiger charge is -2.11. The Morgan fingerprint density at radius 2 is 2.37 bits per heavy atom. The van der Waals surface area contributed by atoms with Crippen LogP contribution in [-0.4, -0.2) is 41.9 Å². The van der Waals surface area contributed by atoms with E-state index in [-0.39, 0.29) is 12.5 Å². The highest BCUT2D eigenvalue weighted by Gasteiger charge is 2.13. The fourth-order valence-corrected chi connectivity index (χ4v) is 2.27. The topological polar surface area (TPSA) is 63.5 Å². The van der Waals surface area contributed by atoms with Gasteiger partial charge >= 0.3 is 0 Å². The van der Waals surface area contributed by atoms with Crippen LogP contribution in [0.2, 0.25) is 0 Å². The first kappa shape index (κ1) is 16.2. The highest BCUT2D eigenvalue weighted by Crippen LogP contribution is 2.15. The number of aliphatic hydroxyl groups is 1. The Balaban J connectivity index is 2.49. The molecule has 5 nitrogen and oxygen atoms in total. The molecule has 0 aliphatic carbocycles. The monoisotopic (exact) mass is 332 g/mol.